The van der Waals surface area contributed by atoms with Crippen molar-refractivity contribution in [3.63, 3.8) is 0 Å². The van der Waals surface area contributed by atoms with Crippen molar-refractivity contribution < 1.29 is 4.39 Å². The molecule has 2 rings (SSSR count). The van der Waals surface area contributed by atoms with Gasteiger partial charge >= 0.3 is 0 Å². The van der Waals surface area contributed by atoms with Crippen molar-refractivity contribution in [2.75, 3.05) is 11.1 Å². The van der Waals surface area contributed by atoms with Gasteiger partial charge in [-0.2, -0.15) is 0 Å². The van der Waals surface area contributed by atoms with Gasteiger partial charge in [0, 0.05) is 17.1 Å². The largest absolute Gasteiger partial charge is 0.397 e. The molecular formula is C13H13ClFN3. The third-order valence-electron chi connectivity index (χ3n) is 2.59. The molecule has 0 saturated carbocycles. The Morgan fingerprint density at radius 2 is 2.11 bits per heavy atom. The first-order valence-electron chi connectivity index (χ1n) is 5.47. The third-order valence-corrected chi connectivity index (χ3v) is 2.83. The van der Waals surface area contributed by atoms with Crippen molar-refractivity contribution in [3.8, 4) is 0 Å². The molecule has 0 bridgehead atoms. The van der Waals surface area contributed by atoms with Gasteiger partial charge in [-0.15, -0.1) is 0 Å². The van der Waals surface area contributed by atoms with Crippen LogP contribution in [0.25, 0.3) is 0 Å². The number of benzene rings is 1. The zero-order valence-electron chi connectivity index (χ0n) is 9.87. The van der Waals surface area contributed by atoms with E-state index >= 15 is 0 Å². The molecule has 0 fully saturated rings. The van der Waals surface area contributed by atoms with E-state index in [0.29, 0.717) is 28.6 Å². The van der Waals surface area contributed by atoms with E-state index in [1.165, 1.54) is 12.1 Å². The molecule has 0 spiro atoms. The van der Waals surface area contributed by atoms with Crippen LogP contribution in [0.1, 0.15) is 11.3 Å². The highest BCUT2D eigenvalue weighted by molar-refractivity contribution is 6.30. The molecule has 0 saturated heterocycles. The van der Waals surface area contributed by atoms with Crippen molar-refractivity contribution in [2.24, 2.45) is 0 Å². The van der Waals surface area contributed by atoms with Crippen molar-refractivity contribution >= 4 is 23.1 Å². The lowest BCUT2D eigenvalue weighted by Gasteiger charge is -2.08. The van der Waals surface area contributed by atoms with Crippen LogP contribution in [0.3, 0.4) is 0 Å². The number of hydrogen-bond acceptors (Lipinski definition) is 3. The summed E-state index contributed by atoms with van der Waals surface area (Å²) in [7, 11) is 0. The number of nitrogens with one attached hydrogen (secondary N) is 1. The van der Waals surface area contributed by atoms with Gasteiger partial charge in [-0.25, -0.2) is 9.37 Å². The van der Waals surface area contributed by atoms with Crippen LogP contribution in [-0.4, -0.2) is 4.98 Å². The first kappa shape index (κ1) is 12.6. The molecule has 18 heavy (non-hydrogen) atoms. The highest BCUT2D eigenvalue weighted by Crippen LogP contribution is 2.17. The van der Waals surface area contributed by atoms with E-state index in [0.717, 1.165) is 5.69 Å². The zero-order chi connectivity index (χ0) is 13.1. The fourth-order valence-electron chi connectivity index (χ4n) is 1.53. The first-order valence-corrected chi connectivity index (χ1v) is 5.85. The number of pyridine rings is 1. The van der Waals surface area contributed by atoms with E-state index in [4.69, 9.17) is 17.3 Å². The second-order valence-corrected chi connectivity index (χ2v) is 4.40. The van der Waals surface area contributed by atoms with E-state index in [1.807, 2.05) is 6.92 Å². The van der Waals surface area contributed by atoms with Gasteiger partial charge in [0.15, 0.2) is 0 Å². The van der Waals surface area contributed by atoms with Crippen LogP contribution in [0.4, 0.5) is 15.9 Å². The lowest BCUT2D eigenvalue weighted by molar-refractivity contribution is 0.613. The minimum absolute atomic E-state index is 0.293. The van der Waals surface area contributed by atoms with Gasteiger partial charge in [-0.1, -0.05) is 11.6 Å². The second-order valence-electron chi connectivity index (χ2n) is 3.96. The number of aromatic nitrogens is 1. The number of nitrogens with two attached hydrogens (primary N) is 1. The average Bonchev–Trinajstić information content (AvgIpc) is 2.34. The topological polar surface area (TPSA) is 50.9 Å². The Morgan fingerprint density at radius 1 is 1.33 bits per heavy atom. The molecule has 1 heterocycles. The summed E-state index contributed by atoms with van der Waals surface area (Å²) in [5, 5.41) is 3.54. The van der Waals surface area contributed by atoms with E-state index < -0.39 is 0 Å². The molecule has 0 radical (unpaired) electrons. The normalized spacial score (nSPS) is 10.4. The number of anilines is 2. The Labute approximate surface area is 110 Å². The summed E-state index contributed by atoms with van der Waals surface area (Å²) in [5.74, 6) is 0.361. The van der Waals surface area contributed by atoms with Crippen LogP contribution in [0.15, 0.2) is 30.3 Å². The summed E-state index contributed by atoms with van der Waals surface area (Å²) in [5.41, 5.74) is 7.55. The summed E-state index contributed by atoms with van der Waals surface area (Å²) in [6.07, 6.45) is 0. The molecule has 5 heteroatoms. The Kier molecular flexibility index (Phi) is 3.67. The van der Waals surface area contributed by atoms with E-state index in [9.17, 15) is 4.39 Å². The summed E-state index contributed by atoms with van der Waals surface area (Å²) in [6, 6.07) is 7.98. The Morgan fingerprint density at radius 3 is 2.83 bits per heavy atom. The van der Waals surface area contributed by atoms with Crippen molar-refractivity contribution in [1.29, 1.82) is 0 Å². The van der Waals surface area contributed by atoms with Crippen LogP contribution >= 0.6 is 11.6 Å². The maximum atomic E-state index is 13.5. The standard InChI is InChI=1S/C13H13ClFN3/c1-8-12(16)4-5-13(18-8)17-7-9-6-10(14)2-3-11(9)15/h2-6H,7,16H2,1H3,(H,17,18). The zero-order valence-corrected chi connectivity index (χ0v) is 10.6. The molecule has 0 aliphatic heterocycles. The Bertz CT molecular complexity index is 572. The lowest BCUT2D eigenvalue weighted by atomic mass is 10.2. The summed E-state index contributed by atoms with van der Waals surface area (Å²) >= 11 is 5.82. The molecule has 0 atom stereocenters. The van der Waals surface area contributed by atoms with Crippen LogP contribution in [0.2, 0.25) is 5.02 Å². The highest BCUT2D eigenvalue weighted by Gasteiger charge is 2.04. The maximum absolute atomic E-state index is 13.5. The molecule has 3 nitrogen and oxygen atoms in total. The molecule has 3 N–H and O–H groups in total. The predicted molar refractivity (Wildman–Crippen MR) is 72.1 cm³/mol. The molecule has 2 aromatic rings. The lowest BCUT2D eigenvalue weighted by Crippen LogP contribution is -2.04. The van der Waals surface area contributed by atoms with E-state index in [1.54, 1.807) is 18.2 Å². The van der Waals surface area contributed by atoms with Crippen LogP contribution < -0.4 is 11.1 Å². The van der Waals surface area contributed by atoms with Crippen molar-refractivity contribution in [3.05, 3.63) is 52.4 Å². The maximum Gasteiger partial charge on any atom is 0.128 e. The van der Waals surface area contributed by atoms with Crippen LogP contribution in [0.5, 0.6) is 0 Å². The molecule has 0 unspecified atom stereocenters. The number of aryl methyl sites for hydroxylation is 1. The smallest absolute Gasteiger partial charge is 0.128 e. The van der Waals surface area contributed by atoms with Gasteiger partial charge in [0.05, 0.1) is 11.4 Å². The summed E-state index contributed by atoms with van der Waals surface area (Å²) in [6.45, 7) is 2.14. The fraction of sp³-hybridized carbons (Fsp3) is 0.154. The first-order chi connectivity index (χ1) is 8.56. The van der Waals surface area contributed by atoms with E-state index in [2.05, 4.69) is 10.3 Å². The molecule has 0 amide bonds. The number of nitrogen functional groups attached to an aromatic ring is 1. The number of hydrogen-bond donors (Lipinski definition) is 2. The van der Waals surface area contributed by atoms with Gasteiger partial charge in [0.1, 0.15) is 11.6 Å². The molecule has 94 valence electrons. The quantitative estimate of drug-likeness (QED) is 0.895. The van der Waals surface area contributed by atoms with Gasteiger partial charge in [0.25, 0.3) is 0 Å². The predicted octanol–water partition coefficient (Wildman–Crippen LogP) is 3.38. The van der Waals surface area contributed by atoms with E-state index in [-0.39, 0.29) is 5.82 Å². The number of rotatable bonds is 3. The third kappa shape index (κ3) is 2.90. The summed E-state index contributed by atoms with van der Waals surface area (Å²) < 4.78 is 13.5. The van der Waals surface area contributed by atoms with Crippen molar-refractivity contribution in [1.82, 2.24) is 4.98 Å². The SMILES string of the molecule is Cc1nc(NCc2cc(Cl)ccc2F)ccc1N. The summed E-state index contributed by atoms with van der Waals surface area (Å²) in [4.78, 5) is 4.25. The van der Waals surface area contributed by atoms with Gasteiger partial charge in [-0.3, -0.25) is 0 Å². The van der Waals surface area contributed by atoms with Crippen LogP contribution in [0, 0.1) is 12.7 Å². The van der Waals surface area contributed by atoms with Crippen LogP contribution in [-0.2, 0) is 6.54 Å². The number of halogens is 2. The molecule has 1 aromatic carbocycles. The minimum Gasteiger partial charge on any atom is -0.397 e. The molecule has 0 aliphatic rings. The molecule has 1 aromatic heterocycles. The van der Waals surface area contributed by atoms with Gasteiger partial charge in [0.2, 0.25) is 0 Å². The average molecular weight is 266 g/mol. The monoisotopic (exact) mass is 265 g/mol. The number of nitrogens with zero attached hydrogens (tertiary/aromatic N) is 1. The second kappa shape index (κ2) is 5.23. The highest BCUT2D eigenvalue weighted by atomic mass is 35.5. The van der Waals surface area contributed by atoms with Crippen molar-refractivity contribution in [2.45, 2.75) is 13.5 Å². The Hall–Kier alpha value is -1.81. The van der Waals surface area contributed by atoms with Gasteiger partial charge < -0.3 is 11.1 Å². The Balaban J connectivity index is 2.11. The fourth-order valence-corrected chi connectivity index (χ4v) is 1.73. The van der Waals surface area contributed by atoms with Gasteiger partial charge in [-0.05, 0) is 37.3 Å². The molecule has 0 aliphatic carbocycles. The minimum atomic E-state index is -0.293. The molecular weight excluding hydrogens is 253 g/mol.